The second-order valence-electron chi connectivity index (χ2n) is 11.4. The molecule has 3 rings (SSSR count). The van der Waals surface area contributed by atoms with E-state index in [0.29, 0.717) is 45.4 Å². The van der Waals surface area contributed by atoms with Gasteiger partial charge in [0, 0.05) is 26.2 Å². The van der Waals surface area contributed by atoms with E-state index in [1.807, 2.05) is 24.3 Å². The molecule has 0 aliphatic carbocycles. The van der Waals surface area contributed by atoms with E-state index < -0.39 is 43.4 Å². The minimum atomic E-state index is -0.826. The first-order valence-electron chi connectivity index (χ1n) is 13.6. The Morgan fingerprint density at radius 2 is 1.82 bits per heavy atom. The number of benzene rings is 1. The monoisotopic (exact) mass is 555 g/mol. The molecule has 0 spiro atoms. The fourth-order valence-corrected chi connectivity index (χ4v) is 5.26. The molecule has 0 aromatic heterocycles. The molecule has 11 heteroatoms. The van der Waals surface area contributed by atoms with Crippen molar-refractivity contribution in [2.24, 2.45) is 5.41 Å². The molecule has 220 valence electrons. The summed E-state index contributed by atoms with van der Waals surface area (Å²) in [5.74, 6) is 0.737. The van der Waals surface area contributed by atoms with Crippen molar-refractivity contribution in [3.63, 3.8) is 0 Å². The van der Waals surface area contributed by atoms with Crippen LogP contribution in [0.2, 0.25) is 0 Å². The zero-order valence-corrected chi connectivity index (χ0v) is 23.5. The number of ether oxygens (including phenoxy) is 4. The first-order chi connectivity index (χ1) is 18.6. The highest BCUT2D eigenvalue weighted by Crippen LogP contribution is 2.37. The van der Waals surface area contributed by atoms with E-state index >= 15 is 0 Å². The van der Waals surface area contributed by atoms with E-state index in [9.17, 15) is 18.4 Å². The quantitative estimate of drug-likeness (QED) is 0.373. The molecule has 39 heavy (non-hydrogen) atoms. The molecule has 1 aromatic rings. The Bertz CT molecular complexity index is 921. The Labute approximate surface area is 229 Å². The lowest BCUT2D eigenvalue weighted by Crippen LogP contribution is -2.44. The van der Waals surface area contributed by atoms with Gasteiger partial charge in [-0.1, -0.05) is 12.1 Å². The summed E-state index contributed by atoms with van der Waals surface area (Å²) in [5.41, 5.74) is -0.0549. The van der Waals surface area contributed by atoms with E-state index in [-0.39, 0.29) is 11.5 Å². The van der Waals surface area contributed by atoms with Crippen LogP contribution in [0.1, 0.15) is 45.6 Å². The molecule has 9 nitrogen and oxygen atoms in total. The van der Waals surface area contributed by atoms with Gasteiger partial charge in [-0.25, -0.2) is 9.59 Å². The molecule has 2 unspecified atom stereocenters. The smallest absolute Gasteiger partial charge is 0.497 e. The molecule has 2 aliphatic heterocycles. The van der Waals surface area contributed by atoms with Gasteiger partial charge in [0.15, 0.2) is 12.2 Å². The second kappa shape index (κ2) is 14.1. The summed E-state index contributed by atoms with van der Waals surface area (Å²) in [5, 5.41) is 6.08. The van der Waals surface area contributed by atoms with Gasteiger partial charge in [-0.3, -0.25) is 8.78 Å². The van der Waals surface area contributed by atoms with E-state index in [2.05, 4.69) is 15.5 Å². The summed E-state index contributed by atoms with van der Waals surface area (Å²) in [6.07, 6.45) is -0.933. The molecule has 2 fully saturated rings. The Morgan fingerprint density at radius 1 is 1.13 bits per heavy atom. The topological polar surface area (TPSA) is 98.4 Å². The Balaban J connectivity index is 1.57. The maximum Gasteiger partial charge on any atom is 0.509 e. The summed E-state index contributed by atoms with van der Waals surface area (Å²) in [6, 6.07) is 7.28. The molecule has 1 amide bonds. The largest absolute Gasteiger partial charge is 0.509 e. The molecular formula is C28H43F2N3O6. The van der Waals surface area contributed by atoms with Crippen LogP contribution in [0.15, 0.2) is 24.3 Å². The van der Waals surface area contributed by atoms with Gasteiger partial charge in [-0.05, 0) is 76.1 Å². The molecule has 2 saturated heterocycles. The van der Waals surface area contributed by atoms with Gasteiger partial charge in [0.25, 0.3) is 0 Å². The normalized spacial score (nSPS) is 22.9. The Kier molecular flexibility index (Phi) is 11.2. The number of likely N-dealkylation sites (tertiary alicyclic amines) is 1. The number of methoxy groups -OCH3 is 1. The van der Waals surface area contributed by atoms with Crippen molar-refractivity contribution >= 4 is 12.2 Å². The summed E-state index contributed by atoms with van der Waals surface area (Å²) >= 11 is 0. The average molecular weight is 556 g/mol. The first kappa shape index (κ1) is 30.9. The number of hydrogen-bond acceptors (Lipinski definition) is 8. The maximum atomic E-state index is 13.0. The Morgan fingerprint density at radius 3 is 2.44 bits per heavy atom. The molecular weight excluding hydrogens is 512 g/mol. The molecule has 2 N–H and O–H groups in total. The van der Waals surface area contributed by atoms with Crippen molar-refractivity contribution in [2.45, 2.75) is 70.3 Å². The summed E-state index contributed by atoms with van der Waals surface area (Å²) in [6.45, 7) is 6.83. The van der Waals surface area contributed by atoms with Crippen LogP contribution in [-0.2, 0) is 20.6 Å². The minimum Gasteiger partial charge on any atom is -0.497 e. The lowest BCUT2D eigenvalue weighted by molar-refractivity contribution is -0.0518. The van der Waals surface area contributed by atoms with Crippen molar-refractivity contribution in [3.05, 3.63) is 29.8 Å². The van der Waals surface area contributed by atoms with Gasteiger partial charge in [0.05, 0.1) is 26.5 Å². The predicted molar refractivity (Wildman–Crippen MR) is 143 cm³/mol. The molecule has 2 heterocycles. The fourth-order valence-electron chi connectivity index (χ4n) is 5.26. The van der Waals surface area contributed by atoms with Gasteiger partial charge in [0.1, 0.15) is 11.4 Å². The van der Waals surface area contributed by atoms with Crippen LogP contribution in [0.3, 0.4) is 0 Å². The zero-order chi connectivity index (χ0) is 28.5. The average Bonchev–Trinajstić information content (AvgIpc) is 3.43. The molecule has 0 saturated carbocycles. The number of hydrogen-bond donors (Lipinski definition) is 2. The summed E-state index contributed by atoms with van der Waals surface area (Å²) in [4.78, 5) is 27.2. The highest BCUT2D eigenvalue weighted by molar-refractivity contribution is 5.67. The number of alkyl carbamates (subject to hydrolysis) is 1. The van der Waals surface area contributed by atoms with Gasteiger partial charge < -0.3 is 34.5 Å². The van der Waals surface area contributed by atoms with E-state index in [1.165, 1.54) is 0 Å². The molecule has 1 aromatic carbocycles. The number of carbonyl (C=O) groups excluding carboxylic acids is 2. The van der Waals surface area contributed by atoms with Crippen LogP contribution in [0.4, 0.5) is 18.4 Å². The number of carbonyl (C=O) groups is 2. The van der Waals surface area contributed by atoms with Crippen LogP contribution in [-0.4, -0.2) is 94.2 Å². The van der Waals surface area contributed by atoms with Crippen molar-refractivity contribution < 1.29 is 37.3 Å². The summed E-state index contributed by atoms with van der Waals surface area (Å²) < 4.78 is 47.9. The number of nitrogens with zero attached hydrogens (tertiary/aromatic N) is 1. The number of halogens is 2. The lowest BCUT2D eigenvalue weighted by Gasteiger charge is -2.27. The van der Waals surface area contributed by atoms with Crippen LogP contribution in [0, 0.1) is 5.41 Å². The highest BCUT2D eigenvalue weighted by Gasteiger charge is 2.42. The molecule has 2 aliphatic rings. The highest BCUT2D eigenvalue weighted by atomic mass is 19.1. The lowest BCUT2D eigenvalue weighted by atomic mass is 9.81. The van der Waals surface area contributed by atoms with E-state index in [4.69, 9.17) is 18.9 Å². The number of nitrogens with one attached hydrogen (secondary N) is 2. The first-order valence-corrected chi connectivity index (χ1v) is 13.6. The Hall–Kier alpha value is -2.66. The van der Waals surface area contributed by atoms with Gasteiger partial charge in [0.2, 0.25) is 0 Å². The van der Waals surface area contributed by atoms with Crippen LogP contribution in [0.5, 0.6) is 5.75 Å². The minimum absolute atomic E-state index is 0.294. The van der Waals surface area contributed by atoms with Gasteiger partial charge in [-0.2, -0.15) is 0 Å². The number of rotatable bonds is 12. The second-order valence-corrected chi connectivity index (χ2v) is 11.4. The summed E-state index contributed by atoms with van der Waals surface area (Å²) in [7, 11) is 1.60. The van der Waals surface area contributed by atoms with Crippen molar-refractivity contribution in [2.75, 3.05) is 53.2 Å². The van der Waals surface area contributed by atoms with Crippen LogP contribution >= 0.6 is 0 Å². The number of amides is 1. The SMILES string of the molecule is COc1ccc(C[C@H]2NCC(OC(=O)OC(C)(C)C)C2OC(=O)NCCN2CCC(CCF)(CCF)C2)cc1. The molecule has 0 radical (unpaired) electrons. The number of alkyl halides is 2. The standard InChI is InChI=1S/C28H43F2N3O6/c1-27(2,3)39-26(35)37-23-18-32-22(17-20-5-7-21(36-4)8-6-20)24(23)38-25(34)31-14-16-33-15-11-28(19-33,9-12-29)10-13-30/h5-8,22-24,32H,9-19H2,1-4H3,(H,31,34)/t22-,23?,24?/m1/s1. The maximum absolute atomic E-state index is 13.0. The van der Waals surface area contributed by atoms with Crippen LogP contribution in [0.25, 0.3) is 0 Å². The molecule has 3 atom stereocenters. The predicted octanol–water partition coefficient (Wildman–Crippen LogP) is 4.04. The zero-order valence-electron chi connectivity index (χ0n) is 23.5. The fraction of sp³-hybridized carbons (Fsp3) is 0.714. The van der Waals surface area contributed by atoms with Crippen molar-refractivity contribution in [3.8, 4) is 5.75 Å². The van der Waals surface area contributed by atoms with Gasteiger partial charge in [-0.15, -0.1) is 0 Å². The van der Waals surface area contributed by atoms with Crippen molar-refractivity contribution in [1.29, 1.82) is 0 Å². The third kappa shape index (κ3) is 9.49. The van der Waals surface area contributed by atoms with E-state index in [0.717, 1.165) is 24.3 Å². The third-order valence-electron chi connectivity index (χ3n) is 7.30. The van der Waals surface area contributed by atoms with Crippen molar-refractivity contribution in [1.82, 2.24) is 15.5 Å². The van der Waals surface area contributed by atoms with Gasteiger partial charge >= 0.3 is 12.2 Å². The molecule has 0 bridgehead atoms. The van der Waals surface area contributed by atoms with Crippen LogP contribution < -0.4 is 15.4 Å². The van der Waals surface area contributed by atoms with E-state index in [1.54, 1.807) is 27.9 Å². The third-order valence-corrected chi connectivity index (χ3v) is 7.30.